The molecule has 7 nitrogen and oxygen atoms in total. The fourth-order valence-corrected chi connectivity index (χ4v) is 1.99. The van der Waals surface area contributed by atoms with E-state index >= 15 is 0 Å². The molecule has 0 unspecified atom stereocenters. The highest BCUT2D eigenvalue weighted by Crippen LogP contribution is 2.16. The maximum absolute atomic E-state index is 11.9. The van der Waals surface area contributed by atoms with Crippen LogP contribution in [0, 0.1) is 0 Å². The number of para-hydroxylation sites is 1. The lowest BCUT2D eigenvalue weighted by Gasteiger charge is -2.09. The standard InChI is InChI=1S/C17H19N3O4/c1-12(19-20-17(22)15-8-5-9-24-15)10-16(21)18-11-13-6-3-4-7-14(13)23-2/h3-9H,10-11H2,1-2H3,(H,18,21)(H,20,22)/b19-12+. The Labute approximate surface area is 139 Å². The lowest BCUT2D eigenvalue weighted by atomic mass is 10.2. The zero-order valence-corrected chi connectivity index (χ0v) is 13.5. The van der Waals surface area contributed by atoms with Crippen molar-refractivity contribution < 1.29 is 18.7 Å². The van der Waals surface area contributed by atoms with E-state index in [1.54, 1.807) is 20.1 Å². The van der Waals surface area contributed by atoms with Gasteiger partial charge in [0.2, 0.25) is 5.91 Å². The predicted octanol–water partition coefficient (Wildman–Crippen LogP) is 2.10. The van der Waals surface area contributed by atoms with Crippen LogP contribution in [-0.4, -0.2) is 24.6 Å². The molecular formula is C17H19N3O4. The Morgan fingerprint density at radius 2 is 2.00 bits per heavy atom. The summed E-state index contributed by atoms with van der Waals surface area (Å²) in [7, 11) is 1.58. The number of carbonyl (C=O) groups excluding carboxylic acids is 2. The van der Waals surface area contributed by atoms with Crippen LogP contribution in [0.2, 0.25) is 0 Å². The first-order valence-electron chi connectivity index (χ1n) is 7.35. The Morgan fingerprint density at radius 1 is 1.21 bits per heavy atom. The molecule has 1 heterocycles. The molecule has 2 aromatic rings. The molecule has 1 aromatic carbocycles. The number of rotatable bonds is 7. The summed E-state index contributed by atoms with van der Waals surface area (Å²) in [6, 6.07) is 10.6. The van der Waals surface area contributed by atoms with E-state index in [9.17, 15) is 9.59 Å². The number of methoxy groups -OCH3 is 1. The molecule has 7 heteroatoms. The number of amides is 2. The lowest BCUT2D eigenvalue weighted by molar-refractivity contribution is -0.120. The average Bonchev–Trinajstić information content (AvgIpc) is 3.12. The van der Waals surface area contributed by atoms with Crippen LogP contribution in [0.5, 0.6) is 5.75 Å². The van der Waals surface area contributed by atoms with Crippen LogP contribution < -0.4 is 15.5 Å². The van der Waals surface area contributed by atoms with Gasteiger partial charge in [0, 0.05) is 17.8 Å². The number of hydrogen-bond acceptors (Lipinski definition) is 5. The minimum atomic E-state index is -0.464. The molecule has 0 saturated heterocycles. The molecule has 0 saturated carbocycles. The van der Waals surface area contributed by atoms with E-state index in [0.717, 1.165) is 5.56 Å². The van der Waals surface area contributed by atoms with E-state index < -0.39 is 5.91 Å². The van der Waals surface area contributed by atoms with Gasteiger partial charge in [-0.25, -0.2) is 5.43 Å². The van der Waals surface area contributed by atoms with Gasteiger partial charge in [-0.3, -0.25) is 9.59 Å². The van der Waals surface area contributed by atoms with Crippen molar-refractivity contribution in [3.8, 4) is 5.75 Å². The van der Waals surface area contributed by atoms with Gasteiger partial charge >= 0.3 is 5.91 Å². The lowest BCUT2D eigenvalue weighted by Crippen LogP contribution is -2.26. The van der Waals surface area contributed by atoms with E-state index in [0.29, 0.717) is 18.0 Å². The third kappa shape index (κ3) is 4.98. The maximum atomic E-state index is 11.9. The number of benzene rings is 1. The number of nitrogens with one attached hydrogen (secondary N) is 2. The summed E-state index contributed by atoms with van der Waals surface area (Å²) in [5.41, 5.74) is 3.70. The van der Waals surface area contributed by atoms with Crippen molar-refractivity contribution >= 4 is 17.5 Å². The second-order valence-electron chi connectivity index (χ2n) is 5.03. The van der Waals surface area contributed by atoms with E-state index in [-0.39, 0.29) is 18.1 Å². The fourth-order valence-electron chi connectivity index (χ4n) is 1.99. The highest BCUT2D eigenvalue weighted by molar-refractivity contribution is 6.00. The molecule has 126 valence electrons. The van der Waals surface area contributed by atoms with E-state index in [2.05, 4.69) is 15.8 Å². The molecule has 1 aromatic heterocycles. The van der Waals surface area contributed by atoms with E-state index in [1.807, 2.05) is 24.3 Å². The first-order valence-corrected chi connectivity index (χ1v) is 7.35. The predicted molar refractivity (Wildman–Crippen MR) is 88.7 cm³/mol. The molecular weight excluding hydrogens is 310 g/mol. The Bertz CT molecular complexity index is 723. The molecule has 0 aliphatic rings. The van der Waals surface area contributed by atoms with Gasteiger partial charge in [0.05, 0.1) is 19.8 Å². The van der Waals surface area contributed by atoms with E-state index in [4.69, 9.17) is 9.15 Å². The van der Waals surface area contributed by atoms with Crippen molar-refractivity contribution in [2.24, 2.45) is 5.10 Å². The summed E-state index contributed by atoms with van der Waals surface area (Å²) in [6.07, 6.45) is 1.48. The van der Waals surface area contributed by atoms with Crippen molar-refractivity contribution in [2.75, 3.05) is 7.11 Å². The Balaban J connectivity index is 1.81. The van der Waals surface area contributed by atoms with Gasteiger partial charge in [-0.2, -0.15) is 5.10 Å². The summed E-state index contributed by atoms with van der Waals surface area (Å²) >= 11 is 0. The highest BCUT2D eigenvalue weighted by Gasteiger charge is 2.09. The van der Waals surface area contributed by atoms with Crippen LogP contribution in [0.25, 0.3) is 0 Å². The Morgan fingerprint density at radius 3 is 2.71 bits per heavy atom. The van der Waals surface area contributed by atoms with E-state index in [1.165, 1.54) is 12.3 Å². The number of ether oxygens (including phenoxy) is 1. The van der Waals surface area contributed by atoms with Crippen LogP contribution in [0.1, 0.15) is 29.5 Å². The van der Waals surface area contributed by atoms with Gasteiger partial charge < -0.3 is 14.5 Å². The molecule has 0 radical (unpaired) electrons. The summed E-state index contributed by atoms with van der Waals surface area (Å²) in [4.78, 5) is 23.6. The SMILES string of the molecule is COc1ccccc1CNC(=O)C/C(C)=N/NC(=O)c1ccco1. The van der Waals surface area contributed by atoms with Crippen LogP contribution in [0.3, 0.4) is 0 Å². The van der Waals surface area contributed by atoms with Crippen molar-refractivity contribution in [1.29, 1.82) is 0 Å². The third-order valence-corrected chi connectivity index (χ3v) is 3.18. The number of furan rings is 1. The molecule has 0 spiro atoms. The third-order valence-electron chi connectivity index (χ3n) is 3.18. The Hall–Kier alpha value is -3.09. The topological polar surface area (TPSA) is 92.9 Å². The van der Waals surface area contributed by atoms with Gasteiger partial charge in [0.1, 0.15) is 5.75 Å². The van der Waals surface area contributed by atoms with Gasteiger partial charge in [-0.1, -0.05) is 18.2 Å². The summed E-state index contributed by atoms with van der Waals surface area (Å²) in [5.74, 6) is 0.212. The van der Waals surface area contributed by atoms with Crippen molar-refractivity contribution in [3.05, 3.63) is 54.0 Å². The van der Waals surface area contributed by atoms with Crippen molar-refractivity contribution in [1.82, 2.24) is 10.7 Å². The second kappa shape index (κ2) is 8.52. The van der Waals surface area contributed by atoms with Crippen LogP contribution >= 0.6 is 0 Å². The van der Waals surface area contributed by atoms with Crippen molar-refractivity contribution in [3.63, 3.8) is 0 Å². The van der Waals surface area contributed by atoms with Gasteiger partial charge in [-0.15, -0.1) is 0 Å². The smallest absolute Gasteiger partial charge is 0.307 e. The average molecular weight is 329 g/mol. The molecule has 2 amide bonds. The van der Waals surface area contributed by atoms with Crippen LogP contribution in [0.4, 0.5) is 0 Å². The maximum Gasteiger partial charge on any atom is 0.307 e. The fraction of sp³-hybridized carbons (Fsp3) is 0.235. The molecule has 0 aliphatic heterocycles. The molecule has 24 heavy (non-hydrogen) atoms. The quantitative estimate of drug-likeness (QED) is 0.601. The number of hydrazone groups is 1. The van der Waals surface area contributed by atoms with Gasteiger partial charge in [0.25, 0.3) is 0 Å². The first-order chi connectivity index (χ1) is 11.6. The molecule has 2 rings (SSSR count). The minimum Gasteiger partial charge on any atom is -0.496 e. The number of carbonyl (C=O) groups is 2. The summed E-state index contributed by atoms with van der Waals surface area (Å²) in [5, 5.41) is 6.67. The summed E-state index contributed by atoms with van der Waals surface area (Å²) in [6.45, 7) is 2.01. The molecule has 2 N–H and O–H groups in total. The highest BCUT2D eigenvalue weighted by atomic mass is 16.5. The molecule has 0 aliphatic carbocycles. The normalized spacial score (nSPS) is 11.0. The van der Waals surface area contributed by atoms with Crippen LogP contribution in [-0.2, 0) is 11.3 Å². The number of hydrogen-bond donors (Lipinski definition) is 2. The Kier molecular flexibility index (Phi) is 6.13. The van der Waals surface area contributed by atoms with Crippen molar-refractivity contribution in [2.45, 2.75) is 19.9 Å². The zero-order chi connectivity index (χ0) is 17.4. The minimum absolute atomic E-state index is 0.0770. The number of nitrogens with zero attached hydrogens (tertiary/aromatic N) is 1. The molecule has 0 atom stereocenters. The monoisotopic (exact) mass is 329 g/mol. The largest absolute Gasteiger partial charge is 0.496 e. The molecule has 0 fully saturated rings. The van der Waals surface area contributed by atoms with Gasteiger partial charge in [0.15, 0.2) is 5.76 Å². The summed E-state index contributed by atoms with van der Waals surface area (Å²) < 4.78 is 10.2. The second-order valence-corrected chi connectivity index (χ2v) is 5.03. The molecule has 0 bridgehead atoms. The van der Waals surface area contributed by atoms with Gasteiger partial charge in [-0.05, 0) is 25.1 Å². The van der Waals surface area contributed by atoms with Crippen LogP contribution in [0.15, 0.2) is 52.2 Å². The zero-order valence-electron chi connectivity index (χ0n) is 13.5. The first kappa shape index (κ1) is 17.3.